The largest absolute Gasteiger partial charge is 0.323 e. The van der Waals surface area contributed by atoms with Crippen molar-refractivity contribution in [2.75, 3.05) is 5.75 Å². The molecule has 0 unspecified atom stereocenters. The highest BCUT2D eigenvalue weighted by molar-refractivity contribution is 7.92. The van der Waals surface area contributed by atoms with Crippen LogP contribution in [0.5, 0.6) is 0 Å². The Labute approximate surface area is 118 Å². The summed E-state index contributed by atoms with van der Waals surface area (Å²) in [5.41, 5.74) is 6.67. The van der Waals surface area contributed by atoms with Crippen molar-refractivity contribution >= 4 is 33.0 Å². The molecule has 0 fully saturated rings. The first-order valence-corrected chi connectivity index (χ1v) is 8.22. The van der Waals surface area contributed by atoms with E-state index in [0.717, 1.165) is 0 Å². The van der Waals surface area contributed by atoms with E-state index in [0.29, 0.717) is 22.0 Å². The Balaban J connectivity index is 3.15. The van der Waals surface area contributed by atoms with Crippen molar-refractivity contribution in [2.45, 2.75) is 31.6 Å². The Morgan fingerprint density at radius 2 is 1.89 bits per heavy atom. The topological polar surface area (TPSA) is 60.2 Å². The third-order valence-electron chi connectivity index (χ3n) is 2.99. The number of rotatable bonds is 5. The van der Waals surface area contributed by atoms with Gasteiger partial charge in [0.25, 0.3) is 0 Å². The Morgan fingerprint density at radius 3 is 2.33 bits per heavy atom. The average Bonchev–Trinajstić information content (AvgIpc) is 2.29. The summed E-state index contributed by atoms with van der Waals surface area (Å²) in [5.74, 6) is 0.0738. The summed E-state index contributed by atoms with van der Waals surface area (Å²) < 4.78 is 23.9. The molecule has 102 valence electrons. The molecule has 1 rings (SSSR count). The minimum Gasteiger partial charge on any atom is -0.323 e. The molecule has 6 heteroatoms. The van der Waals surface area contributed by atoms with E-state index in [-0.39, 0.29) is 5.75 Å². The van der Waals surface area contributed by atoms with Crippen LogP contribution in [0.15, 0.2) is 18.2 Å². The molecule has 2 atom stereocenters. The molecule has 0 radical (unpaired) electrons. The van der Waals surface area contributed by atoms with Crippen LogP contribution in [0.2, 0.25) is 10.0 Å². The summed E-state index contributed by atoms with van der Waals surface area (Å²) >= 11 is 11.9. The maximum atomic E-state index is 12.0. The maximum absolute atomic E-state index is 12.0. The molecular formula is C12H17Cl2NO2S. The fourth-order valence-electron chi connectivity index (χ4n) is 1.92. The normalized spacial score (nSPS) is 15.4. The van der Waals surface area contributed by atoms with E-state index in [2.05, 4.69) is 0 Å². The Morgan fingerprint density at radius 1 is 1.28 bits per heavy atom. The summed E-state index contributed by atoms with van der Waals surface area (Å²) in [4.78, 5) is 0. The molecule has 0 heterocycles. The van der Waals surface area contributed by atoms with Crippen molar-refractivity contribution in [3.63, 3.8) is 0 Å². The molecule has 18 heavy (non-hydrogen) atoms. The van der Waals surface area contributed by atoms with Crippen LogP contribution in [0, 0.1) is 0 Å². The van der Waals surface area contributed by atoms with E-state index >= 15 is 0 Å². The molecule has 1 aromatic carbocycles. The van der Waals surface area contributed by atoms with Crippen molar-refractivity contribution in [3.05, 3.63) is 33.8 Å². The van der Waals surface area contributed by atoms with Crippen LogP contribution in [0.3, 0.4) is 0 Å². The zero-order valence-electron chi connectivity index (χ0n) is 10.4. The fourth-order valence-corrected chi connectivity index (χ4v) is 3.98. The number of hydrogen-bond acceptors (Lipinski definition) is 3. The van der Waals surface area contributed by atoms with Crippen LogP contribution in [-0.2, 0) is 9.84 Å². The predicted octanol–water partition coefficient (Wildman–Crippen LogP) is 3.21. The van der Waals surface area contributed by atoms with Gasteiger partial charge in [-0.15, -0.1) is 0 Å². The predicted molar refractivity (Wildman–Crippen MR) is 76.9 cm³/mol. The van der Waals surface area contributed by atoms with Crippen molar-refractivity contribution in [1.82, 2.24) is 0 Å². The molecular weight excluding hydrogens is 293 g/mol. The zero-order chi connectivity index (χ0) is 13.9. The molecule has 0 saturated heterocycles. The first kappa shape index (κ1) is 15.8. The van der Waals surface area contributed by atoms with Gasteiger partial charge in [0.2, 0.25) is 0 Å². The summed E-state index contributed by atoms with van der Waals surface area (Å²) in [6, 6.07) is 4.28. The number of benzene rings is 1. The molecule has 2 N–H and O–H groups in total. The van der Waals surface area contributed by atoms with Crippen LogP contribution in [0.1, 0.15) is 31.9 Å². The molecule has 0 bridgehead atoms. The number of nitrogens with two attached hydrogens (primary N) is 1. The van der Waals surface area contributed by atoms with Gasteiger partial charge in [-0.2, -0.15) is 0 Å². The summed E-state index contributed by atoms with van der Waals surface area (Å²) in [6.07, 6.45) is 0.455. The maximum Gasteiger partial charge on any atom is 0.154 e. The lowest BCUT2D eigenvalue weighted by molar-refractivity contribution is 0.549. The standard InChI is InChI=1S/C12H17Cl2NO2S/c1-3-11(18(16,17)4-2)12(15)9-6-5-8(13)7-10(9)14/h5-7,11-12H,3-4,15H2,1-2H3/t11-,12+/m1/s1. The summed E-state index contributed by atoms with van der Waals surface area (Å²) in [5, 5.41) is 0.281. The SMILES string of the molecule is CC[C@H]([C@@H](N)c1ccc(Cl)cc1Cl)S(=O)(=O)CC. The lowest BCUT2D eigenvalue weighted by Crippen LogP contribution is -2.34. The number of sulfone groups is 1. The quantitative estimate of drug-likeness (QED) is 0.908. The van der Waals surface area contributed by atoms with Crippen LogP contribution in [0.4, 0.5) is 0 Å². The second-order valence-corrected chi connectivity index (χ2v) is 7.44. The van der Waals surface area contributed by atoms with Gasteiger partial charge >= 0.3 is 0 Å². The van der Waals surface area contributed by atoms with Crippen LogP contribution >= 0.6 is 23.2 Å². The van der Waals surface area contributed by atoms with Gasteiger partial charge in [0.05, 0.1) is 5.25 Å². The number of hydrogen-bond donors (Lipinski definition) is 1. The average molecular weight is 310 g/mol. The first-order chi connectivity index (χ1) is 8.33. The van der Waals surface area contributed by atoms with Gasteiger partial charge in [-0.1, -0.05) is 43.1 Å². The van der Waals surface area contributed by atoms with E-state index in [4.69, 9.17) is 28.9 Å². The Bertz CT molecular complexity index is 517. The van der Waals surface area contributed by atoms with Crippen LogP contribution in [-0.4, -0.2) is 19.4 Å². The minimum atomic E-state index is -3.20. The van der Waals surface area contributed by atoms with Crippen molar-refractivity contribution in [3.8, 4) is 0 Å². The van der Waals surface area contributed by atoms with E-state index in [1.54, 1.807) is 25.1 Å². The van der Waals surface area contributed by atoms with E-state index < -0.39 is 21.1 Å². The summed E-state index contributed by atoms with van der Waals surface area (Å²) in [7, 11) is -3.20. The van der Waals surface area contributed by atoms with Gasteiger partial charge in [-0.25, -0.2) is 8.42 Å². The van der Waals surface area contributed by atoms with Gasteiger partial charge in [-0.3, -0.25) is 0 Å². The second-order valence-electron chi connectivity index (χ2n) is 4.09. The Hall–Kier alpha value is -0.290. The van der Waals surface area contributed by atoms with Crippen molar-refractivity contribution < 1.29 is 8.42 Å². The van der Waals surface area contributed by atoms with E-state index in [1.807, 2.05) is 6.92 Å². The first-order valence-electron chi connectivity index (χ1n) is 5.75. The lowest BCUT2D eigenvalue weighted by Gasteiger charge is -2.23. The second kappa shape index (κ2) is 6.24. The molecule has 0 amide bonds. The van der Waals surface area contributed by atoms with Gasteiger partial charge < -0.3 is 5.73 Å². The van der Waals surface area contributed by atoms with E-state index in [1.165, 1.54) is 0 Å². The molecule has 1 aromatic rings. The molecule has 0 aliphatic rings. The van der Waals surface area contributed by atoms with Crippen LogP contribution in [0.25, 0.3) is 0 Å². The molecule has 3 nitrogen and oxygen atoms in total. The smallest absolute Gasteiger partial charge is 0.154 e. The Kier molecular flexibility index (Phi) is 5.46. The van der Waals surface area contributed by atoms with Gasteiger partial charge in [0, 0.05) is 21.8 Å². The van der Waals surface area contributed by atoms with Gasteiger partial charge in [0.15, 0.2) is 9.84 Å². The molecule has 0 aliphatic heterocycles. The minimum absolute atomic E-state index is 0.0738. The van der Waals surface area contributed by atoms with Gasteiger partial charge in [0.1, 0.15) is 0 Å². The summed E-state index contributed by atoms with van der Waals surface area (Å²) in [6.45, 7) is 3.43. The highest BCUT2D eigenvalue weighted by atomic mass is 35.5. The van der Waals surface area contributed by atoms with E-state index in [9.17, 15) is 8.42 Å². The number of halogens is 2. The molecule has 0 saturated carbocycles. The molecule has 0 aliphatic carbocycles. The van der Waals surface area contributed by atoms with Crippen molar-refractivity contribution in [1.29, 1.82) is 0 Å². The lowest BCUT2D eigenvalue weighted by atomic mass is 10.0. The highest BCUT2D eigenvalue weighted by Gasteiger charge is 2.30. The highest BCUT2D eigenvalue weighted by Crippen LogP contribution is 2.30. The molecule has 0 spiro atoms. The van der Waals surface area contributed by atoms with Crippen LogP contribution < -0.4 is 5.73 Å². The monoisotopic (exact) mass is 309 g/mol. The zero-order valence-corrected chi connectivity index (χ0v) is 12.7. The fraction of sp³-hybridized carbons (Fsp3) is 0.500. The van der Waals surface area contributed by atoms with Crippen molar-refractivity contribution in [2.24, 2.45) is 5.73 Å². The molecule has 0 aromatic heterocycles. The third-order valence-corrected chi connectivity index (χ3v) is 5.90. The van der Waals surface area contributed by atoms with Gasteiger partial charge in [-0.05, 0) is 24.1 Å². The third kappa shape index (κ3) is 3.38.